The highest BCUT2D eigenvalue weighted by atomic mass is 16.6. The highest BCUT2D eigenvalue weighted by Gasteiger charge is 2.41. The fourth-order valence-electron chi connectivity index (χ4n) is 2.84. The zero-order valence-corrected chi connectivity index (χ0v) is 14.7. The van der Waals surface area contributed by atoms with E-state index in [4.69, 9.17) is 4.74 Å². The Morgan fingerprint density at radius 1 is 0.783 bits per heavy atom. The lowest BCUT2D eigenvalue weighted by Gasteiger charge is -2.35. The van der Waals surface area contributed by atoms with Gasteiger partial charge in [-0.25, -0.2) is 0 Å². The second-order valence-corrected chi connectivity index (χ2v) is 7.48. The monoisotopic (exact) mass is 310 g/mol. The van der Waals surface area contributed by atoms with Crippen molar-refractivity contribution < 1.29 is 9.53 Å². The molecule has 0 saturated carbocycles. The Kier molecular flexibility index (Phi) is 4.93. The molecule has 0 aromatic heterocycles. The smallest absolute Gasteiger partial charge is 0.312 e. The van der Waals surface area contributed by atoms with Crippen molar-refractivity contribution in [2.24, 2.45) is 5.41 Å². The normalized spacial score (nSPS) is 12.3. The van der Waals surface area contributed by atoms with E-state index in [9.17, 15) is 4.79 Å². The molecule has 2 aromatic carbocycles. The summed E-state index contributed by atoms with van der Waals surface area (Å²) in [4.78, 5) is 12.8. The number of ether oxygens (including phenoxy) is 1. The second kappa shape index (κ2) is 6.57. The lowest BCUT2D eigenvalue weighted by molar-refractivity contribution is -0.166. The van der Waals surface area contributed by atoms with Crippen LogP contribution < -0.4 is 0 Å². The van der Waals surface area contributed by atoms with Gasteiger partial charge < -0.3 is 4.74 Å². The Bertz CT molecular complexity index is 597. The van der Waals surface area contributed by atoms with Crippen LogP contribution in [-0.2, 0) is 9.53 Å². The lowest BCUT2D eigenvalue weighted by Crippen LogP contribution is -2.38. The first-order valence-electron chi connectivity index (χ1n) is 8.05. The number of rotatable bonds is 4. The molecule has 23 heavy (non-hydrogen) atoms. The van der Waals surface area contributed by atoms with Crippen molar-refractivity contribution in [3.63, 3.8) is 0 Å². The van der Waals surface area contributed by atoms with Crippen LogP contribution in [0, 0.1) is 5.41 Å². The number of hydrogen-bond donors (Lipinski definition) is 0. The summed E-state index contributed by atoms with van der Waals surface area (Å²) in [5, 5.41) is 0. The fourth-order valence-corrected chi connectivity index (χ4v) is 2.84. The molecule has 0 bridgehead atoms. The van der Waals surface area contributed by atoms with Gasteiger partial charge in [-0.15, -0.1) is 0 Å². The van der Waals surface area contributed by atoms with Gasteiger partial charge in [-0.05, 0) is 45.7 Å². The molecule has 0 radical (unpaired) electrons. The maximum Gasteiger partial charge on any atom is 0.312 e. The van der Waals surface area contributed by atoms with Crippen LogP contribution in [0.15, 0.2) is 60.7 Å². The minimum atomic E-state index is -0.671. The van der Waals surface area contributed by atoms with Crippen molar-refractivity contribution in [1.82, 2.24) is 0 Å². The van der Waals surface area contributed by atoms with E-state index in [1.54, 1.807) is 0 Å². The van der Waals surface area contributed by atoms with E-state index in [1.165, 1.54) is 0 Å². The lowest BCUT2D eigenvalue weighted by atomic mass is 9.71. The van der Waals surface area contributed by atoms with Crippen molar-refractivity contribution in [2.75, 3.05) is 0 Å². The fraction of sp³-hybridized carbons (Fsp3) is 0.381. The molecule has 0 aliphatic carbocycles. The number of hydrogen-bond acceptors (Lipinski definition) is 2. The average molecular weight is 310 g/mol. The van der Waals surface area contributed by atoms with Gasteiger partial charge in [-0.1, -0.05) is 60.7 Å². The summed E-state index contributed by atoms with van der Waals surface area (Å²) in [6, 6.07) is 20.3. The molecule has 2 aromatic rings. The van der Waals surface area contributed by atoms with Gasteiger partial charge in [0.2, 0.25) is 0 Å². The van der Waals surface area contributed by atoms with Gasteiger partial charge in [0.1, 0.15) is 5.60 Å². The third-order valence-corrected chi connectivity index (χ3v) is 3.91. The van der Waals surface area contributed by atoms with Crippen molar-refractivity contribution >= 4 is 5.97 Å². The van der Waals surface area contributed by atoms with Gasteiger partial charge in [-0.2, -0.15) is 0 Å². The maximum absolute atomic E-state index is 12.8. The van der Waals surface area contributed by atoms with Gasteiger partial charge in [-0.3, -0.25) is 4.79 Å². The zero-order chi connectivity index (χ0) is 17.1. The van der Waals surface area contributed by atoms with E-state index in [1.807, 2.05) is 71.0 Å². The predicted octanol–water partition coefficient (Wildman–Crippen LogP) is 5.19. The van der Waals surface area contributed by atoms with Crippen molar-refractivity contribution in [3.05, 3.63) is 71.8 Å². The summed E-state index contributed by atoms with van der Waals surface area (Å²) in [5.41, 5.74) is 1.08. The van der Waals surface area contributed by atoms with E-state index in [2.05, 4.69) is 24.3 Å². The van der Waals surface area contributed by atoms with Crippen LogP contribution in [0.4, 0.5) is 0 Å². The number of esters is 1. The van der Waals surface area contributed by atoms with Gasteiger partial charge >= 0.3 is 5.97 Å². The van der Waals surface area contributed by atoms with Crippen LogP contribution in [0.2, 0.25) is 0 Å². The Balaban J connectivity index is 2.47. The molecule has 0 unspecified atom stereocenters. The first kappa shape index (κ1) is 17.3. The molecule has 0 spiro atoms. The molecule has 0 fully saturated rings. The molecule has 0 amide bonds. The van der Waals surface area contributed by atoms with E-state index >= 15 is 0 Å². The van der Waals surface area contributed by atoms with E-state index in [0.717, 1.165) is 11.1 Å². The molecule has 122 valence electrons. The van der Waals surface area contributed by atoms with Crippen LogP contribution in [0.25, 0.3) is 0 Å². The number of benzene rings is 2. The first-order chi connectivity index (χ1) is 10.7. The average Bonchev–Trinajstić information content (AvgIpc) is 2.47. The largest absolute Gasteiger partial charge is 0.460 e. The second-order valence-electron chi connectivity index (χ2n) is 7.48. The van der Waals surface area contributed by atoms with Crippen LogP contribution in [0.5, 0.6) is 0 Å². The SMILES string of the molecule is CC(C)(C)OC(=O)C(C)(C)C(c1ccccc1)c1ccccc1. The minimum absolute atomic E-state index is 0.0558. The first-order valence-corrected chi connectivity index (χ1v) is 8.05. The third-order valence-electron chi connectivity index (χ3n) is 3.91. The van der Waals surface area contributed by atoms with E-state index < -0.39 is 11.0 Å². The van der Waals surface area contributed by atoms with Crippen LogP contribution in [0.1, 0.15) is 51.7 Å². The summed E-state index contributed by atoms with van der Waals surface area (Å²) < 4.78 is 5.69. The molecule has 0 heterocycles. The Hall–Kier alpha value is -2.09. The minimum Gasteiger partial charge on any atom is -0.460 e. The third kappa shape index (κ3) is 4.22. The molecule has 0 atom stereocenters. The molecule has 0 saturated heterocycles. The molecule has 0 aliphatic rings. The van der Waals surface area contributed by atoms with Crippen LogP contribution in [0.3, 0.4) is 0 Å². The Morgan fingerprint density at radius 3 is 1.52 bits per heavy atom. The summed E-state index contributed by atoms with van der Waals surface area (Å²) in [6.45, 7) is 9.64. The standard InChI is InChI=1S/C21H26O2/c1-20(2,3)23-19(22)21(4,5)18(16-12-8-6-9-13-16)17-14-10-7-11-15-17/h6-15,18H,1-5H3. The topological polar surface area (TPSA) is 26.3 Å². The van der Waals surface area contributed by atoms with E-state index in [0.29, 0.717) is 0 Å². The van der Waals surface area contributed by atoms with Crippen molar-refractivity contribution in [3.8, 4) is 0 Å². The Labute approximate surface area is 139 Å². The summed E-state index contributed by atoms with van der Waals surface area (Å²) in [7, 11) is 0. The van der Waals surface area contributed by atoms with E-state index in [-0.39, 0.29) is 11.9 Å². The highest BCUT2D eigenvalue weighted by molar-refractivity contribution is 5.78. The molecule has 2 rings (SSSR count). The van der Waals surface area contributed by atoms with Gasteiger partial charge in [0.25, 0.3) is 0 Å². The van der Waals surface area contributed by atoms with Gasteiger partial charge in [0.05, 0.1) is 5.41 Å². The van der Waals surface area contributed by atoms with Crippen molar-refractivity contribution in [2.45, 2.75) is 46.1 Å². The predicted molar refractivity (Wildman–Crippen MR) is 94.4 cm³/mol. The highest BCUT2D eigenvalue weighted by Crippen LogP contribution is 2.42. The summed E-state index contributed by atoms with van der Waals surface area (Å²) in [6.07, 6.45) is 0. The Morgan fingerprint density at radius 2 is 1.17 bits per heavy atom. The van der Waals surface area contributed by atoms with Gasteiger partial charge in [0.15, 0.2) is 0 Å². The molecular weight excluding hydrogens is 284 g/mol. The molecule has 2 heteroatoms. The molecule has 2 nitrogen and oxygen atoms in total. The molecular formula is C21H26O2. The molecule has 0 N–H and O–H groups in total. The van der Waals surface area contributed by atoms with Crippen molar-refractivity contribution in [1.29, 1.82) is 0 Å². The molecule has 0 aliphatic heterocycles. The van der Waals surface area contributed by atoms with Gasteiger partial charge in [0, 0.05) is 5.92 Å². The van der Waals surface area contributed by atoms with Crippen LogP contribution >= 0.6 is 0 Å². The summed E-state index contributed by atoms with van der Waals surface area (Å²) in [5.74, 6) is -0.234. The maximum atomic E-state index is 12.8. The quantitative estimate of drug-likeness (QED) is 0.727. The van der Waals surface area contributed by atoms with Crippen LogP contribution in [-0.4, -0.2) is 11.6 Å². The number of carbonyl (C=O) groups is 1. The number of carbonyl (C=O) groups excluding carboxylic acids is 1. The zero-order valence-electron chi connectivity index (χ0n) is 14.7. The summed E-state index contributed by atoms with van der Waals surface area (Å²) >= 11 is 0.